The number of benzene rings is 1. The van der Waals surface area contributed by atoms with Gasteiger partial charge in [0, 0.05) is 0 Å². The van der Waals surface area contributed by atoms with Gasteiger partial charge < -0.3 is 15.4 Å². The molecule has 1 aliphatic heterocycles. The van der Waals surface area contributed by atoms with Crippen LogP contribution in [0, 0.1) is 0 Å². The van der Waals surface area contributed by atoms with Crippen molar-refractivity contribution < 1.29 is 14.3 Å². The molecule has 2 aromatic rings. The first-order valence-electron chi connectivity index (χ1n) is 8.11. The summed E-state index contributed by atoms with van der Waals surface area (Å²) >= 11 is 1.28. The number of morpholine rings is 1. The normalized spacial score (nSPS) is 20.4. The quantitative estimate of drug-likeness (QED) is 0.843. The Morgan fingerprint density at radius 1 is 1.40 bits per heavy atom. The summed E-state index contributed by atoms with van der Waals surface area (Å²) < 4.78 is 9.47. The van der Waals surface area contributed by atoms with Crippen molar-refractivity contribution in [2.75, 3.05) is 6.61 Å². The summed E-state index contributed by atoms with van der Waals surface area (Å²) in [5.74, 6) is -0.253. The molecule has 0 unspecified atom stereocenters. The van der Waals surface area contributed by atoms with Crippen LogP contribution in [0.2, 0.25) is 0 Å². The van der Waals surface area contributed by atoms with Gasteiger partial charge in [0.15, 0.2) is 6.10 Å². The Hall–Kier alpha value is -2.32. The minimum absolute atomic E-state index is 0.124. The highest BCUT2D eigenvalue weighted by atomic mass is 32.1. The van der Waals surface area contributed by atoms with Crippen LogP contribution in [0.5, 0.6) is 0 Å². The third kappa shape index (κ3) is 4.02. The van der Waals surface area contributed by atoms with Gasteiger partial charge in [-0.2, -0.15) is 0 Å². The molecule has 0 radical (unpaired) electrons. The van der Waals surface area contributed by atoms with Crippen LogP contribution in [0.15, 0.2) is 30.3 Å². The molecule has 2 N–H and O–H groups in total. The molecule has 1 fully saturated rings. The fourth-order valence-corrected chi connectivity index (χ4v) is 3.48. The second kappa shape index (κ2) is 7.71. The first-order valence-corrected chi connectivity index (χ1v) is 8.88. The van der Waals surface area contributed by atoms with Gasteiger partial charge in [-0.25, -0.2) is 0 Å². The number of carbonyl (C=O) groups is 2. The lowest BCUT2D eigenvalue weighted by molar-refractivity contribution is -0.148. The lowest BCUT2D eigenvalue weighted by Gasteiger charge is -2.31. The number of carbonyl (C=O) groups excluding carboxylic acids is 2. The Labute approximate surface area is 149 Å². The molecule has 1 aliphatic rings. The van der Waals surface area contributed by atoms with E-state index in [1.807, 2.05) is 44.2 Å². The summed E-state index contributed by atoms with van der Waals surface area (Å²) in [6.45, 7) is 4.29. The molecule has 7 nitrogen and oxygen atoms in total. The van der Waals surface area contributed by atoms with Crippen molar-refractivity contribution in [2.24, 2.45) is 0 Å². The number of aromatic nitrogens is 2. The number of nitrogens with zero attached hydrogens (tertiary/aromatic N) is 2. The van der Waals surface area contributed by atoms with E-state index in [4.69, 9.17) is 4.74 Å². The summed E-state index contributed by atoms with van der Waals surface area (Å²) in [6.07, 6.45) is -0.775. The van der Waals surface area contributed by atoms with Crippen molar-refractivity contribution in [1.82, 2.24) is 20.2 Å². The number of hydrogen-bond donors (Lipinski definition) is 2. The molecule has 25 heavy (non-hydrogen) atoms. The molecule has 0 bridgehead atoms. The van der Waals surface area contributed by atoms with Crippen molar-refractivity contribution in [1.29, 1.82) is 0 Å². The molecule has 0 aliphatic carbocycles. The standard InChI is InChI=1S/C17H20N4O3S/c1-10(2)14-12(25-21-20-14)8-18-17(23)16-15(19-13(22)9-24-16)11-6-4-3-5-7-11/h3-7,10,15-16H,8-9H2,1-2H3,(H,18,23)(H,19,22)/t15-,16+/m1/s1. The number of hydrogen-bond acceptors (Lipinski definition) is 6. The predicted octanol–water partition coefficient (Wildman–Crippen LogP) is 1.53. The Morgan fingerprint density at radius 2 is 2.16 bits per heavy atom. The van der Waals surface area contributed by atoms with E-state index in [1.165, 1.54) is 11.5 Å². The van der Waals surface area contributed by atoms with Crippen LogP contribution >= 0.6 is 11.5 Å². The van der Waals surface area contributed by atoms with E-state index in [2.05, 4.69) is 20.2 Å². The topological polar surface area (TPSA) is 93.2 Å². The number of nitrogens with one attached hydrogen (secondary N) is 2. The number of rotatable bonds is 5. The molecular formula is C17H20N4O3S. The van der Waals surface area contributed by atoms with Gasteiger partial charge in [-0.1, -0.05) is 48.7 Å². The van der Waals surface area contributed by atoms with E-state index in [0.29, 0.717) is 6.54 Å². The highest BCUT2D eigenvalue weighted by molar-refractivity contribution is 7.05. The molecule has 1 aromatic heterocycles. The van der Waals surface area contributed by atoms with Gasteiger partial charge in [0.05, 0.1) is 23.2 Å². The summed E-state index contributed by atoms with van der Waals surface area (Å²) in [7, 11) is 0. The second-order valence-corrected chi connectivity index (χ2v) is 6.98. The van der Waals surface area contributed by atoms with Crippen LogP contribution in [0.25, 0.3) is 0 Å². The van der Waals surface area contributed by atoms with Gasteiger partial charge in [-0.15, -0.1) is 5.10 Å². The van der Waals surface area contributed by atoms with Crippen LogP contribution in [0.1, 0.15) is 41.9 Å². The summed E-state index contributed by atoms with van der Waals surface area (Å²) in [6, 6.07) is 8.83. The highest BCUT2D eigenvalue weighted by Gasteiger charge is 2.36. The average Bonchev–Trinajstić information content (AvgIpc) is 3.09. The largest absolute Gasteiger partial charge is 0.356 e. The molecule has 3 rings (SSSR count). The van der Waals surface area contributed by atoms with Crippen LogP contribution in [0.3, 0.4) is 0 Å². The van der Waals surface area contributed by atoms with E-state index in [9.17, 15) is 9.59 Å². The van der Waals surface area contributed by atoms with Gasteiger partial charge in [0.2, 0.25) is 5.91 Å². The molecule has 1 saturated heterocycles. The maximum Gasteiger partial charge on any atom is 0.251 e. The molecule has 2 amide bonds. The van der Waals surface area contributed by atoms with E-state index in [0.717, 1.165) is 16.1 Å². The average molecular weight is 360 g/mol. The molecule has 0 spiro atoms. The zero-order chi connectivity index (χ0) is 17.8. The Morgan fingerprint density at radius 3 is 2.88 bits per heavy atom. The summed E-state index contributed by atoms with van der Waals surface area (Å²) in [4.78, 5) is 25.3. The second-order valence-electron chi connectivity index (χ2n) is 6.14. The highest BCUT2D eigenvalue weighted by Crippen LogP contribution is 2.23. The molecule has 1 aromatic carbocycles. The summed E-state index contributed by atoms with van der Waals surface area (Å²) in [5.41, 5.74) is 1.72. The molecule has 0 saturated carbocycles. The van der Waals surface area contributed by atoms with Crippen molar-refractivity contribution in [3.63, 3.8) is 0 Å². The smallest absolute Gasteiger partial charge is 0.251 e. The third-order valence-electron chi connectivity index (χ3n) is 3.99. The van der Waals surface area contributed by atoms with Crippen molar-refractivity contribution in [3.8, 4) is 0 Å². The first-order chi connectivity index (χ1) is 12.1. The number of ether oxygens (including phenoxy) is 1. The van der Waals surface area contributed by atoms with Gasteiger partial charge in [-0.05, 0) is 23.0 Å². The first kappa shape index (κ1) is 17.5. The molecular weight excluding hydrogens is 340 g/mol. The molecule has 132 valence electrons. The molecule has 2 heterocycles. The van der Waals surface area contributed by atoms with Crippen molar-refractivity contribution >= 4 is 23.3 Å². The third-order valence-corrected chi connectivity index (χ3v) is 4.72. The monoisotopic (exact) mass is 360 g/mol. The Kier molecular flexibility index (Phi) is 5.40. The van der Waals surface area contributed by atoms with E-state index >= 15 is 0 Å². The summed E-state index contributed by atoms with van der Waals surface area (Å²) in [5, 5.41) is 9.83. The van der Waals surface area contributed by atoms with E-state index < -0.39 is 12.1 Å². The SMILES string of the molecule is CC(C)c1nnsc1CNC(=O)[C@H]1OCC(=O)N[C@@H]1c1ccccc1. The minimum Gasteiger partial charge on any atom is -0.356 e. The fraction of sp³-hybridized carbons (Fsp3) is 0.412. The van der Waals surface area contributed by atoms with E-state index in [1.54, 1.807) is 0 Å². The van der Waals surface area contributed by atoms with E-state index in [-0.39, 0.29) is 24.3 Å². The van der Waals surface area contributed by atoms with Crippen molar-refractivity contribution in [2.45, 2.75) is 38.5 Å². The van der Waals surface area contributed by atoms with Crippen LogP contribution in [-0.2, 0) is 20.9 Å². The molecule has 2 atom stereocenters. The lowest BCUT2D eigenvalue weighted by Crippen LogP contribution is -2.52. The zero-order valence-corrected chi connectivity index (χ0v) is 14.9. The predicted molar refractivity (Wildman–Crippen MR) is 92.9 cm³/mol. The maximum atomic E-state index is 12.6. The lowest BCUT2D eigenvalue weighted by atomic mass is 9.99. The van der Waals surface area contributed by atoms with Crippen molar-refractivity contribution in [3.05, 3.63) is 46.5 Å². The molecule has 8 heteroatoms. The maximum absolute atomic E-state index is 12.6. The van der Waals surface area contributed by atoms with Gasteiger partial charge in [-0.3, -0.25) is 9.59 Å². The Bertz CT molecular complexity index is 747. The van der Waals surface area contributed by atoms with Gasteiger partial charge in [0.25, 0.3) is 5.91 Å². The fourth-order valence-electron chi connectivity index (χ4n) is 2.74. The Balaban J connectivity index is 1.71. The van der Waals surface area contributed by atoms with Crippen LogP contribution < -0.4 is 10.6 Å². The van der Waals surface area contributed by atoms with Gasteiger partial charge >= 0.3 is 0 Å². The zero-order valence-electron chi connectivity index (χ0n) is 14.1. The van der Waals surface area contributed by atoms with Gasteiger partial charge in [0.1, 0.15) is 6.61 Å². The van der Waals surface area contributed by atoms with Crippen LogP contribution in [-0.4, -0.2) is 34.1 Å². The number of amides is 2. The minimum atomic E-state index is -0.775. The van der Waals surface area contributed by atoms with Crippen LogP contribution in [0.4, 0.5) is 0 Å².